The molecule has 2 N–H and O–H groups in total. The first-order chi connectivity index (χ1) is 26.7. The zero-order valence-electron chi connectivity index (χ0n) is 30.4. The quantitative estimate of drug-likeness (QED) is 0.148. The van der Waals surface area contributed by atoms with E-state index >= 15 is 8.78 Å². The van der Waals surface area contributed by atoms with E-state index in [1.807, 2.05) is 4.68 Å². The van der Waals surface area contributed by atoms with Crippen molar-refractivity contribution < 1.29 is 36.3 Å². The molecule has 3 aliphatic rings. The predicted molar refractivity (Wildman–Crippen MR) is 195 cm³/mol. The normalized spacial score (nSPS) is 21.5. The molecule has 2 saturated heterocycles. The van der Waals surface area contributed by atoms with E-state index in [9.17, 15) is 32.3 Å². The Morgan fingerprint density at radius 2 is 1.68 bits per heavy atom. The van der Waals surface area contributed by atoms with Crippen molar-refractivity contribution in [2.24, 2.45) is 13.0 Å². The van der Waals surface area contributed by atoms with Crippen LogP contribution in [0.5, 0.6) is 0 Å². The van der Waals surface area contributed by atoms with E-state index in [2.05, 4.69) is 25.6 Å². The number of carbonyl (C=O) groups excluding carboxylic acids is 3. The van der Waals surface area contributed by atoms with Crippen molar-refractivity contribution in [2.45, 2.75) is 75.5 Å². The molecular formula is C39H39F5N8O4. The third-order valence-electron chi connectivity index (χ3n) is 11.6. The van der Waals surface area contributed by atoms with Crippen LogP contribution in [0.25, 0.3) is 21.9 Å². The lowest BCUT2D eigenvalue weighted by Crippen LogP contribution is -2.44. The molecule has 8 rings (SSSR count). The maximum Gasteiger partial charge on any atom is 0.433 e. The van der Waals surface area contributed by atoms with E-state index in [4.69, 9.17) is 0 Å². The first-order valence-corrected chi connectivity index (χ1v) is 18.7. The number of aryl methyl sites for hydroxylation is 1. The molecule has 1 atom stereocenters. The Balaban J connectivity index is 0.877. The second-order valence-corrected chi connectivity index (χ2v) is 15.1. The average molecular weight is 779 g/mol. The highest BCUT2D eigenvalue weighted by Gasteiger charge is 2.35. The number of halogens is 5. The van der Waals surface area contributed by atoms with Gasteiger partial charge in [-0.1, -0.05) is 12.1 Å². The van der Waals surface area contributed by atoms with Gasteiger partial charge < -0.3 is 10.2 Å². The van der Waals surface area contributed by atoms with Crippen LogP contribution in [0.15, 0.2) is 53.5 Å². The van der Waals surface area contributed by atoms with Gasteiger partial charge in [-0.15, -0.1) is 0 Å². The molecule has 56 heavy (non-hydrogen) atoms. The monoisotopic (exact) mass is 778 g/mol. The van der Waals surface area contributed by atoms with Gasteiger partial charge in [0.05, 0.1) is 22.8 Å². The number of aromatic nitrogens is 5. The second kappa shape index (κ2) is 14.6. The van der Waals surface area contributed by atoms with Gasteiger partial charge in [0.1, 0.15) is 34.6 Å². The van der Waals surface area contributed by atoms with E-state index in [0.29, 0.717) is 22.3 Å². The summed E-state index contributed by atoms with van der Waals surface area (Å²) in [4.78, 5) is 56.3. The van der Waals surface area contributed by atoms with Crippen molar-refractivity contribution >= 4 is 45.3 Å². The fraction of sp³-hybridized carbons (Fsp3) is 0.436. The third-order valence-corrected chi connectivity index (χ3v) is 11.6. The SMILES string of the molecule is Cn1c(=O)n(C2CCC(=O)NC2=O)c2c(F)ccc(C3CCN(CC4CCC(n5cc6cc(NC(=O)c7cccc(C(F)(F)F)n7)c(F)cc6n5)CC4)CC3)c21. The lowest BCUT2D eigenvalue weighted by atomic mass is 9.84. The minimum Gasteiger partial charge on any atom is -0.318 e. The van der Waals surface area contributed by atoms with Crippen LogP contribution in [0.1, 0.15) is 91.1 Å². The Kier molecular flexibility index (Phi) is 9.75. The molecular weight excluding hydrogens is 739 g/mol. The smallest absolute Gasteiger partial charge is 0.318 e. The predicted octanol–water partition coefficient (Wildman–Crippen LogP) is 6.22. The number of likely N-dealkylation sites (tertiary alicyclic amines) is 1. The van der Waals surface area contributed by atoms with Gasteiger partial charge in [0, 0.05) is 37.7 Å². The third kappa shape index (κ3) is 7.08. The maximum absolute atomic E-state index is 15.4. The van der Waals surface area contributed by atoms with Crippen LogP contribution in [0.4, 0.5) is 27.6 Å². The highest BCUT2D eigenvalue weighted by molar-refractivity contribution is 6.04. The fourth-order valence-corrected chi connectivity index (χ4v) is 8.69. The van der Waals surface area contributed by atoms with Gasteiger partial charge in [-0.25, -0.2) is 18.6 Å². The number of pyridine rings is 1. The molecule has 3 amide bonds. The van der Waals surface area contributed by atoms with Crippen LogP contribution < -0.4 is 16.3 Å². The lowest BCUT2D eigenvalue weighted by Gasteiger charge is -2.37. The van der Waals surface area contributed by atoms with Gasteiger partial charge in [-0.3, -0.25) is 33.5 Å². The van der Waals surface area contributed by atoms with Gasteiger partial charge in [0.2, 0.25) is 11.8 Å². The number of fused-ring (bicyclic) bond motifs is 2. The Morgan fingerprint density at radius 3 is 2.39 bits per heavy atom. The van der Waals surface area contributed by atoms with Crippen LogP contribution in [-0.2, 0) is 22.8 Å². The molecule has 0 bridgehead atoms. The summed E-state index contributed by atoms with van der Waals surface area (Å²) in [7, 11) is 1.59. The van der Waals surface area contributed by atoms with Crippen molar-refractivity contribution in [2.75, 3.05) is 25.0 Å². The van der Waals surface area contributed by atoms with Crippen molar-refractivity contribution in [3.8, 4) is 0 Å². The first-order valence-electron chi connectivity index (χ1n) is 18.7. The molecule has 17 heteroatoms. The van der Waals surface area contributed by atoms with Crippen LogP contribution >= 0.6 is 0 Å². The molecule has 3 aromatic heterocycles. The average Bonchev–Trinajstić information content (AvgIpc) is 3.70. The summed E-state index contributed by atoms with van der Waals surface area (Å²) < 4.78 is 74.1. The summed E-state index contributed by atoms with van der Waals surface area (Å²) in [6.45, 7) is 2.60. The molecule has 3 fully saturated rings. The maximum atomic E-state index is 15.4. The Labute approximate surface area is 316 Å². The molecule has 1 unspecified atom stereocenters. The summed E-state index contributed by atoms with van der Waals surface area (Å²) in [6.07, 6.45) is 2.59. The van der Waals surface area contributed by atoms with E-state index in [1.54, 1.807) is 19.3 Å². The van der Waals surface area contributed by atoms with Crippen molar-refractivity contribution in [1.82, 2.24) is 34.1 Å². The fourth-order valence-electron chi connectivity index (χ4n) is 8.69. The molecule has 1 saturated carbocycles. The van der Waals surface area contributed by atoms with E-state index in [-0.39, 0.29) is 36.0 Å². The molecule has 0 radical (unpaired) electrons. The summed E-state index contributed by atoms with van der Waals surface area (Å²) in [5, 5.41) is 9.79. The van der Waals surface area contributed by atoms with Gasteiger partial charge in [0.15, 0.2) is 0 Å². The number of anilines is 1. The Morgan fingerprint density at radius 1 is 0.929 bits per heavy atom. The number of imidazole rings is 1. The lowest BCUT2D eigenvalue weighted by molar-refractivity contribution is -0.141. The molecule has 5 heterocycles. The molecule has 5 aromatic rings. The minimum atomic E-state index is -4.73. The Bertz CT molecular complexity index is 2420. The van der Waals surface area contributed by atoms with Gasteiger partial charge >= 0.3 is 11.9 Å². The van der Waals surface area contributed by atoms with Crippen molar-refractivity contribution in [3.63, 3.8) is 0 Å². The molecule has 2 aromatic carbocycles. The van der Waals surface area contributed by atoms with Crippen LogP contribution in [0, 0.1) is 17.6 Å². The highest BCUT2D eigenvalue weighted by Crippen LogP contribution is 2.38. The molecule has 0 spiro atoms. The van der Waals surface area contributed by atoms with Gasteiger partial charge in [-0.2, -0.15) is 18.3 Å². The number of hydrogen-bond donors (Lipinski definition) is 2. The van der Waals surface area contributed by atoms with Crippen molar-refractivity contribution in [3.05, 3.63) is 87.7 Å². The number of nitrogens with one attached hydrogen (secondary N) is 2. The number of benzene rings is 2. The molecule has 12 nitrogen and oxygen atoms in total. The number of piperidine rings is 2. The molecule has 2 aliphatic heterocycles. The standard InChI is InChI=1S/C39H39F5N8O4/c1-49-34-25(9-10-26(40)35(34)52(38(49)56)31-11-12-33(53)47-37(31)55)22-13-15-50(16-14-22)19-21-5-7-24(8-6-21)51-20-23-17-30(27(41)18-29(23)48-51)46-36(54)28-3-2-4-32(45-28)39(42,43)44/h2-4,9-10,17-18,20-22,24,31H,5-8,11-16,19H2,1H3,(H,46,54)(H,47,53,55). The van der Waals surface area contributed by atoms with Crippen LogP contribution in [0.3, 0.4) is 0 Å². The summed E-state index contributed by atoms with van der Waals surface area (Å²) in [5.74, 6) is -2.77. The highest BCUT2D eigenvalue weighted by atomic mass is 19.4. The Hall–Kier alpha value is -5.45. The zero-order chi connectivity index (χ0) is 39.5. The number of imide groups is 1. The molecule has 294 valence electrons. The second-order valence-electron chi connectivity index (χ2n) is 15.1. The number of carbonyl (C=O) groups is 3. The number of amides is 3. The number of nitrogens with zero attached hydrogens (tertiary/aromatic N) is 6. The summed E-state index contributed by atoms with van der Waals surface area (Å²) in [5.41, 5.74) is -0.536. The van der Waals surface area contributed by atoms with Gasteiger partial charge in [0.25, 0.3) is 5.91 Å². The minimum absolute atomic E-state index is 0.0724. The first kappa shape index (κ1) is 37.5. The van der Waals surface area contributed by atoms with Crippen molar-refractivity contribution in [1.29, 1.82) is 0 Å². The number of hydrogen-bond acceptors (Lipinski definition) is 7. The topological polar surface area (TPSA) is 136 Å². The molecule has 1 aliphatic carbocycles. The summed E-state index contributed by atoms with van der Waals surface area (Å²) >= 11 is 0. The largest absolute Gasteiger partial charge is 0.433 e. The van der Waals surface area contributed by atoms with E-state index < -0.39 is 58.7 Å². The number of rotatable bonds is 7. The number of alkyl halides is 3. The zero-order valence-corrected chi connectivity index (χ0v) is 30.4. The van der Waals surface area contributed by atoms with Gasteiger partial charge in [-0.05, 0) is 99.7 Å². The van der Waals surface area contributed by atoms with Crippen LogP contribution in [-0.4, -0.2) is 66.2 Å². The van der Waals surface area contributed by atoms with Crippen LogP contribution in [0.2, 0.25) is 0 Å². The van der Waals surface area contributed by atoms with E-state index in [1.165, 1.54) is 27.3 Å². The van der Waals surface area contributed by atoms with E-state index in [0.717, 1.165) is 81.9 Å². The summed E-state index contributed by atoms with van der Waals surface area (Å²) in [6, 6.07) is 7.80.